The number of thiazole rings is 1. The van der Waals surface area contributed by atoms with Crippen molar-refractivity contribution in [2.45, 2.75) is 41.5 Å². The Balaban J connectivity index is 1.41. The minimum atomic E-state index is 0.137. The third-order valence-electron chi connectivity index (χ3n) is 8.26. The molecule has 0 saturated heterocycles. The molecule has 0 aliphatic heterocycles. The van der Waals surface area contributed by atoms with Crippen LogP contribution in [0.15, 0.2) is 115 Å². The molecule has 0 saturated carbocycles. The average molecular weight is 577 g/mol. The van der Waals surface area contributed by atoms with Gasteiger partial charge in [-0.15, -0.1) is 11.3 Å². The molecule has 0 unspecified atom stereocenters. The van der Waals surface area contributed by atoms with Gasteiger partial charge in [0.2, 0.25) is 0 Å². The van der Waals surface area contributed by atoms with Crippen LogP contribution in [0.25, 0.3) is 10.6 Å². The van der Waals surface area contributed by atoms with E-state index < -0.39 is 0 Å². The first-order chi connectivity index (χ1) is 20.8. The van der Waals surface area contributed by atoms with Crippen molar-refractivity contribution in [2.75, 3.05) is 4.90 Å². The molecular formula is C39H37BN2S. The van der Waals surface area contributed by atoms with Crippen molar-refractivity contribution in [2.24, 2.45) is 0 Å². The summed E-state index contributed by atoms with van der Waals surface area (Å²) >= 11 is 1.81. The lowest BCUT2D eigenvalue weighted by atomic mass is 9.37. The zero-order valence-electron chi connectivity index (χ0n) is 25.8. The Hall–Kier alpha value is -4.41. The second-order valence-corrected chi connectivity index (χ2v) is 12.7. The second kappa shape index (κ2) is 12.1. The van der Waals surface area contributed by atoms with Crippen LogP contribution < -0.4 is 20.6 Å². The highest BCUT2D eigenvalue weighted by Crippen LogP contribution is 2.35. The molecule has 0 aliphatic carbocycles. The maximum Gasteiger partial charge on any atom is 0.257 e. The van der Waals surface area contributed by atoms with Crippen molar-refractivity contribution >= 4 is 50.8 Å². The molecule has 212 valence electrons. The first-order valence-corrected chi connectivity index (χ1v) is 15.7. The van der Waals surface area contributed by atoms with Gasteiger partial charge >= 0.3 is 0 Å². The van der Waals surface area contributed by atoms with Crippen molar-refractivity contribution < 1.29 is 0 Å². The van der Waals surface area contributed by atoms with Crippen molar-refractivity contribution in [1.29, 1.82) is 0 Å². The van der Waals surface area contributed by atoms with Crippen LogP contribution in [0.1, 0.15) is 33.4 Å². The van der Waals surface area contributed by atoms with Gasteiger partial charge in [-0.05, 0) is 90.1 Å². The third kappa shape index (κ3) is 5.80. The summed E-state index contributed by atoms with van der Waals surface area (Å²) in [6.07, 6.45) is 2.11. The minimum absolute atomic E-state index is 0.137. The summed E-state index contributed by atoms with van der Waals surface area (Å²) in [7, 11) is 0. The topological polar surface area (TPSA) is 16.1 Å². The zero-order valence-corrected chi connectivity index (χ0v) is 26.7. The maximum atomic E-state index is 5.01. The minimum Gasteiger partial charge on any atom is -0.311 e. The summed E-state index contributed by atoms with van der Waals surface area (Å²) in [5.74, 6) is 0. The van der Waals surface area contributed by atoms with Crippen LogP contribution in [0.2, 0.25) is 0 Å². The van der Waals surface area contributed by atoms with Gasteiger partial charge in [-0.2, -0.15) is 0 Å². The van der Waals surface area contributed by atoms with Gasteiger partial charge in [-0.3, -0.25) is 0 Å². The van der Waals surface area contributed by atoms with Gasteiger partial charge in [0.05, 0.1) is 0 Å². The van der Waals surface area contributed by atoms with Crippen molar-refractivity contribution in [1.82, 2.24) is 4.98 Å². The summed E-state index contributed by atoms with van der Waals surface area (Å²) < 4.78 is 1.28. The lowest BCUT2D eigenvalue weighted by molar-refractivity contribution is 1.28. The van der Waals surface area contributed by atoms with E-state index in [9.17, 15) is 0 Å². The maximum absolute atomic E-state index is 5.01. The van der Waals surface area contributed by atoms with Crippen LogP contribution in [0.3, 0.4) is 0 Å². The van der Waals surface area contributed by atoms with Crippen molar-refractivity contribution in [3.63, 3.8) is 0 Å². The number of benzene rings is 5. The van der Waals surface area contributed by atoms with E-state index in [1.54, 1.807) is 0 Å². The number of aromatic nitrogens is 1. The Morgan fingerprint density at radius 3 is 1.40 bits per heavy atom. The van der Waals surface area contributed by atoms with Gasteiger partial charge in [-0.25, -0.2) is 4.98 Å². The first-order valence-electron chi connectivity index (χ1n) is 14.9. The third-order valence-corrected chi connectivity index (χ3v) is 9.37. The number of hydrogen-bond donors (Lipinski definition) is 0. The zero-order chi connectivity index (χ0) is 30.1. The van der Waals surface area contributed by atoms with Crippen LogP contribution in [-0.2, 0) is 0 Å². The molecule has 4 heteroatoms. The Morgan fingerprint density at radius 2 is 0.953 bits per heavy atom. The van der Waals surface area contributed by atoms with E-state index in [0.717, 1.165) is 27.6 Å². The molecular weight excluding hydrogens is 539 g/mol. The monoisotopic (exact) mass is 576 g/mol. The number of anilines is 3. The molecule has 1 aromatic heterocycles. The lowest BCUT2D eigenvalue weighted by Crippen LogP contribution is -2.54. The summed E-state index contributed by atoms with van der Waals surface area (Å²) in [6, 6.07) is 39.2. The number of rotatable bonds is 7. The molecule has 6 aromatic rings. The molecule has 0 fully saturated rings. The highest BCUT2D eigenvalue weighted by molar-refractivity contribution is 7.29. The van der Waals surface area contributed by atoms with Gasteiger partial charge in [0.25, 0.3) is 6.71 Å². The van der Waals surface area contributed by atoms with E-state index in [1.807, 2.05) is 11.3 Å². The Labute approximate surface area is 260 Å². The van der Waals surface area contributed by atoms with E-state index in [4.69, 9.17) is 4.98 Å². The summed E-state index contributed by atoms with van der Waals surface area (Å²) in [4.78, 5) is 7.30. The van der Waals surface area contributed by atoms with Crippen LogP contribution in [0.4, 0.5) is 17.1 Å². The second-order valence-electron chi connectivity index (χ2n) is 11.7. The van der Waals surface area contributed by atoms with Gasteiger partial charge in [0.1, 0.15) is 5.01 Å². The molecule has 1 heterocycles. The van der Waals surface area contributed by atoms with Gasteiger partial charge < -0.3 is 4.90 Å². The van der Waals surface area contributed by atoms with Gasteiger partial charge in [0, 0.05) is 33.6 Å². The first kappa shape index (κ1) is 28.7. The van der Waals surface area contributed by atoms with E-state index in [-0.39, 0.29) is 6.71 Å². The molecule has 0 radical (unpaired) electrons. The van der Waals surface area contributed by atoms with Crippen molar-refractivity contribution in [3.8, 4) is 10.6 Å². The molecule has 0 aliphatic rings. The van der Waals surface area contributed by atoms with E-state index in [2.05, 4.69) is 162 Å². The molecule has 0 amide bonds. The molecule has 2 nitrogen and oxygen atoms in total. The quantitative estimate of drug-likeness (QED) is 0.177. The van der Waals surface area contributed by atoms with Crippen LogP contribution >= 0.6 is 11.3 Å². The van der Waals surface area contributed by atoms with Crippen LogP contribution in [-0.4, -0.2) is 11.7 Å². The number of aryl methyl sites for hydroxylation is 6. The smallest absolute Gasteiger partial charge is 0.257 e. The summed E-state index contributed by atoms with van der Waals surface area (Å²) in [6.45, 7) is 13.5. The lowest BCUT2D eigenvalue weighted by Gasteiger charge is -2.25. The average Bonchev–Trinajstić information content (AvgIpc) is 3.47. The molecule has 0 spiro atoms. The van der Waals surface area contributed by atoms with Crippen LogP contribution in [0.5, 0.6) is 0 Å². The summed E-state index contributed by atoms with van der Waals surface area (Å²) in [5.41, 5.74) is 15.3. The van der Waals surface area contributed by atoms with E-state index in [1.165, 1.54) is 49.1 Å². The molecule has 0 N–H and O–H groups in total. The summed E-state index contributed by atoms with van der Waals surface area (Å²) in [5, 5.41) is 1.04. The highest BCUT2D eigenvalue weighted by Gasteiger charge is 2.30. The van der Waals surface area contributed by atoms with E-state index in [0.29, 0.717) is 0 Å². The predicted molar refractivity (Wildman–Crippen MR) is 188 cm³/mol. The fraction of sp³-hybridized carbons (Fsp3) is 0.154. The molecule has 43 heavy (non-hydrogen) atoms. The largest absolute Gasteiger partial charge is 0.311 e. The highest BCUT2D eigenvalue weighted by atomic mass is 32.1. The number of nitrogens with zero attached hydrogens (tertiary/aromatic N) is 2. The Kier molecular flexibility index (Phi) is 8.05. The fourth-order valence-corrected chi connectivity index (χ4v) is 7.67. The SMILES string of the molecule is Cc1cc(C)c(B(c2cnc(-c3ccc(N(c4ccccc4)c4ccccc4)cc3)s2)c2c(C)cc(C)cc2C)c(C)c1. The van der Waals surface area contributed by atoms with Gasteiger partial charge in [0.15, 0.2) is 0 Å². The van der Waals surface area contributed by atoms with Gasteiger partial charge in [-0.1, -0.05) is 105 Å². The van der Waals surface area contributed by atoms with Crippen LogP contribution in [0, 0.1) is 41.5 Å². The predicted octanol–water partition coefficient (Wildman–Crippen LogP) is 8.65. The molecule has 5 aromatic carbocycles. The Bertz CT molecular complexity index is 1730. The molecule has 6 rings (SSSR count). The van der Waals surface area contributed by atoms with E-state index >= 15 is 0 Å². The normalized spacial score (nSPS) is 11.0. The molecule has 0 bridgehead atoms. The standard InChI is InChI=1S/C39H37BN2S/c1-26-21-28(3)37(29(4)22-26)40(38-30(5)23-27(2)24-31(38)6)36-25-41-39(43-36)32-17-19-35(20-18-32)42(33-13-9-7-10-14-33)34-15-11-8-12-16-34/h7-25H,1-6H3. The number of para-hydroxylation sites is 2. The molecule has 0 atom stereocenters. The van der Waals surface area contributed by atoms with Crippen molar-refractivity contribution in [3.05, 3.63) is 149 Å². The number of hydrogen-bond acceptors (Lipinski definition) is 3. The fourth-order valence-electron chi connectivity index (χ4n) is 6.63. The Morgan fingerprint density at radius 1 is 0.535 bits per heavy atom.